The van der Waals surface area contributed by atoms with E-state index in [1.165, 1.54) is 12.1 Å². The Bertz CT molecular complexity index is 786. The van der Waals surface area contributed by atoms with E-state index in [0.717, 1.165) is 54.0 Å². The molecular weight excluding hydrogens is 293 g/mol. The van der Waals surface area contributed by atoms with E-state index in [2.05, 4.69) is 15.3 Å². The summed E-state index contributed by atoms with van der Waals surface area (Å²) in [7, 11) is 0. The second kappa shape index (κ2) is 5.41. The van der Waals surface area contributed by atoms with Gasteiger partial charge in [0, 0.05) is 5.92 Å². The van der Waals surface area contributed by atoms with Crippen molar-refractivity contribution in [2.24, 2.45) is 0 Å². The van der Waals surface area contributed by atoms with Crippen molar-refractivity contribution in [3.63, 3.8) is 0 Å². The number of aryl methyl sites for hydroxylation is 2. The average Bonchev–Trinajstić information content (AvgIpc) is 3.28. The van der Waals surface area contributed by atoms with E-state index in [4.69, 9.17) is 0 Å². The van der Waals surface area contributed by atoms with Crippen LogP contribution in [0.1, 0.15) is 53.7 Å². The van der Waals surface area contributed by atoms with Crippen molar-refractivity contribution in [1.29, 1.82) is 0 Å². The number of fused-ring (bicyclic) bond motifs is 1. The fourth-order valence-electron chi connectivity index (χ4n) is 3.33. The summed E-state index contributed by atoms with van der Waals surface area (Å²) in [6.45, 7) is 1.86. The highest BCUT2D eigenvalue weighted by atomic mass is 19.1. The quantitative estimate of drug-likeness (QED) is 0.944. The summed E-state index contributed by atoms with van der Waals surface area (Å²) in [5.74, 6) is 0.653. The molecule has 1 fully saturated rings. The lowest BCUT2D eigenvalue weighted by molar-refractivity contribution is -0.117. The van der Waals surface area contributed by atoms with Crippen LogP contribution in [0, 0.1) is 12.7 Å². The first-order valence-electron chi connectivity index (χ1n) is 8.04. The van der Waals surface area contributed by atoms with Gasteiger partial charge in [0.1, 0.15) is 11.6 Å². The molecule has 4 nitrogen and oxygen atoms in total. The molecule has 5 heteroatoms. The van der Waals surface area contributed by atoms with Crippen molar-refractivity contribution in [2.45, 2.75) is 44.4 Å². The molecule has 0 aliphatic heterocycles. The van der Waals surface area contributed by atoms with E-state index in [0.29, 0.717) is 5.92 Å². The van der Waals surface area contributed by atoms with Gasteiger partial charge in [-0.05, 0) is 55.9 Å². The van der Waals surface area contributed by atoms with Gasteiger partial charge in [0.2, 0.25) is 5.91 Å². The number of halogens is 1. The standard InChI is InChI=1S/C18H18FN3O/c1-10-20-9-16(17(21-10)11-2-3-11)22-18(23)15-6-4-12-8-13(19)5-7-14(12)15/h5,7-9,11,15H,2-4,6H2,1H3,(H,22,23). The lowest BCUT2D eigenvalue weighted by atomic mass is 10.0. The van der Waals surface area contributed by atoms with E-state index in [9.17, 15) is 9.18 Å². The summed E-state index contributed by atoms with van der Waals surface area (Å²) in [5.41, 5.74) is 3.54. The number of benzene rings is 1. The van der Waals surface area contributed by atoms with Crippen LogP contribution in [0.15, 0.2) is 24.4 Å². The zero-order valence-corrected chi connectivity index (χ0v) is 13.0. The molecule has 1 aromatic carbocycles. The summed E-state index contributed by atoms with van der Waals surface area (Å²) in [4.78, 5) is 21.4. The minimum atomic E-state index is -0.243. The van der Waals surface area contributed by atoms with Crippen LogP contribution in [-0.2, 0) is 11.2 Å². The number of anilines is 1. The molecule has 1 aromatic heterocycles. The van der Waals surface area contributed by atoms with Gasteiger partial charge in [-0.25, -0.2) is 14.4 Å². The minimum absolute atomic E-state index is 0.0512. The first-order valence-corrected chi connectivity index (χ1v) is 8.04. The number of carbonyl (C=O) groups is 1. The molecular formula is C18H18FN3O. The summed E-state index contributed by atoms with van der Waals surface area (Å²) in [6, 6.07) is 4.69. The molecule has 0 radical (unpaired) electrons. The summed E-state index contributed by atoms with van der Waals surface area (Å²) >= 11 is 0. The monoisotopic (exact) mass is 311 g/mol. The second-order valence-corrected chi connectivity index (χ2v) is 6.41. The van der Waals surface area contributed by atoms with Gasteiger partial charge in [0.25, 0.3) is 0 Å². The maximum atomic E-state index is 13.3. The predicted molar refractivity (Wildman–Crippen MR) is 84.8 cm³/mol. The highest BCUT2D eigenvalue weighted by molar-refractivity contribution is 5.97. The number of nitrogens with one attached hydrogen (secondary N) is 1. The maximum Gasteiger partial charge on any atom is 0.232 e. The summed E-state index contributed by atoms with van der Waals surface area (Å²) in [5, 5.41) is 3.00. The number of nitrogens with zero attached hydrogens (tertiary/aromatic N) is 2. The van der Waals surface area contributed by atoms with Gasteiger partial charge in [-0.2, -0.15) is 0 Å². The van der Waals surface area contributed by atoms with Crippen molar-refractivity contribution in [3.05, 3.63) is 52.9 Å². The van der Waals surface area contributed by atoms with Crippen molar-refractivity contribution in [2.75, 3.05) is 5.32 Å². The van der Waals surface area contributed by atoms with Crippen molar-refractivity contribution in [1.82, 2.24) is 9.97 Å². The Morgan fingerprint density at radius 1 is 1.30 bits per heavy atom. The van der Waals surface area contributed by atoms with E-state index < -0.39 is 0 Å². The molecule has 23 heavy (non-hydrogen) atoms. The van der Waals surface area contributed by atoms with E-state index in [1.807, 2.05) is 6.92 Å². The molecule has 0 bridgehead atoms. The molecule has 1 unspecified atom stereocenters. The third-order valence-corrected chi connectivity index (χ3v) is 4.66. The van der Waals surface area contributed by atoms with Crippen LogP contribution in [-0.4, -0.2) is 15.9 Å². The first-order chi connectivity index (χ1) is 11.1. The lowest BCUT2D eigenvalue weighted by Crippen LogP contribution is -2.20. The lowest BCUT2D eigenvalue weighted by Gasteiger charge is -2.14. The highest BCUT2D eigenvalue weighted by Gasteiger charge is 2.32. The Balaban J connectivity index is 1.58. The number of carbonyl (C=O) groups excluding carboxylic acids is 1. The molecule has 4 rings (SSSR count). The van der Waals surface area contributed by atoms with Crippen molar-refractivity contribution < 1.29 is 9.18 Å². The van der Waals surface area contributed by atoms with Crippen LogP contribution >= 0.6 is 0 Å². The maximum absolute atomic E-state index is 13.3. The normalized spacial score (nSPS) is 19.5. The van der Waals surface area contributed by atoms with Crippen LogP contribution in [0.25, 0.3) is 0 Å². The predicted octanol–water partition coefficient (Wildman–Crippen LogP) is 3.47. The zero-order chi connectivity index (χ0) is 16.0. The Hall–Kier alpha value is -2.30. The van der Waals surface area contributed by atoms with Crippen LogP contribution in [0.5, 0.6) is 0 Å². The molecule has 2 aliphatic carbocycles. The van der Waals surface area contributed by atoms with Crippen molar-refractivity contribution >= 4 is 11.6 Å². The molecule has 1 amide bonds. The molecule has 0 saturated heterocycles. The molecule has 0 spiro atoms. The van der Waals surface area contributed by atoms with Gasteiger partial charge in [0.15, 0.2) is 0 Å². The van der Waals surface area contributed by atoms with Crippen molar-refractivity contribution in [3.8, 4) is 0 Å². The fourth-order valence-corrected chi connectivity index (χ4v) is 3.33. The zero-order valence-electron chi connectivity index (χ0n) is 13.0. The van der Waals surface area contributed by atoms with Crippen LogP contribution in [0.4, 0.5) is 10.1 Å². The average molecular weight is 311 g/mol. The van der Waals surface area contributed by atoms with Crippen LogP contribution in [0.3, 0.4) is 0 Å². The Morgan fingerprint density at radius 3 is 2.91 bits per heavy atom. The van der Waals surface area contributed by atoms with E-state index in [1.54, 1.807) is 12.3 Å². The summed E-state index contributed by atoms with van der Waals surface area (Å²) < 4.78 is 13.3. The molecule has 2 aromatic rings. The number of hydrogen-bond donors (Lipinski definition) is 1. The highest BCUT2D eigenvalue weighted by Crippen LogP contribution is 2.42. The first kappa shape index (κ1) is 14.3. The third kappa shape index (κ3) is 2.71. The smallest absolute Gasteiger partial charge is 0.232 e. The number of aromatic nitrogens is 2. The third-order valence-electron chi connectivity index (χ3n) is 4.66. The topological polar surface area (TPSA) is 54.9 Å². The summed E-state index contributed by atoms with van der Waals surface area (Å²) in [6.07, 6.45) is 5.39. The van der Waals surface area contributed by atoms with Crippen LogP contribution < -0.4 is 5.32 Å². The largest absolute Gasteiger partial charge is 0.323 e. The molecule has 2 aliphatic rings. The molecule has 1 N–H and O–H groups in total. The van der Waals surface area contributed by atoms with Gasteiger partial charge >= 0.3 is 0 Å². The van der Waals surface area contributed by atoms with E-state index in [-0.39, 0.29) is 17.6 Å². The van der Waals surface area contributed by atoms with E-state index >= 15 is 0 Å². The number of rotatable bonds is 3. The van der Waals surface area contributed by atoms with Gasteiger partial charge < -0.3 is 5.32 Å². The van der Waals surface area contributed by atoms with Crippen LogP contribution in [0.2, 0.25) is 0 Å². The molecule has 118 valence electrons. The molecule has 1 atom stereocenters. The van der Waals surface area contributed by atoms with Gasteiger partial charge in [0.05, 0.1) is 23.5 Å². The Kier molecular flexibility index (Phi) is 3.36. The Labute approximate surface area is 134 Å². The molecule has 1 heterocycles. The molecule has 1 saturated carbocycles. The van der Waals surface area contributed by atoms with Gasteiger partial charge in [-0.15, -0.1) is 0 Å². The number of hydrogen-bond acceptors (Lipinski definition) is 3. The number of amides is 1. The second-order valence-electron chi connectivity index (χ2n) is 6.41. The Morgan fingerprint density at radius 2 is 2.13 bits per heavy atom. The fraction of sp³-hybridized carbons (Fsp3) is 0.389. The minimum Gasteiger partial charge on any atom is -0.323 e. The van der Waals surface area contributed by atoms with Gasteiger partial charge in [-0.3, -0.25) is 4.79 Å². The van der Waals surface area contributed by atoms with Gasteiger partial charge in [-0.1, -0.05) is 6.07 Å². The SMILES string of the molecule is Cc1ncc(NC(=O)C2CCc3cc(F)ccc32)c(C2CC2)n1.